The van der Waals surface area contributed by atoms with Crippen LogP contribution < -0.4 is 10.5 Å². The maximum absolute atomic E-state index is 14.0. The molecule has 2 aromatic rings. The molecule has 0 unspecified atom stereocenters. The maximum Gasteiger partial charge on any atom is 0.130 e. The zero-order valence-corrected chi connectivity index (χ0v) is 13.2. The van der Waals surface area contributed by atoms with Crippen LogP contribution in [0.2, 0.25) is 0 Å². The van der Waals surface area contributed by atoms with Crippen LogP contribution in [0.3, 0.4) is 0 Å². The molecule has 4 heteroatoms. The van der Waals surface area contributed by atoms with Crippen LogP contribution in [0, 0.1) is 26.6 Å². The number of halogens is 1. The first-order valence-electron chi connectivity index (χ1n) is 6.68. The Bertz CT molecular complexity index is 697. The fraction of sp³-hybridized carbons (Fsp3) is 0.235. The monoisotopic (exact) mass is 303 g/mol. The maximum atomic E-state index is 14.0. The van der Waals surface area contributed by atoms with Crippen LogP contribution in [-0.2, 0) is 6.61 Å². The Morgan fingerprint density at radius 1 is 1.14 bits per heavy atom. The van der Waals surface area contributed by atoms with E-state index in [1.54, 1.807) is 12.1 Å². The molecule has 0 saturated heterocycles. The summed E-state index contributed by atoms with van der Waals surface area (Å²) in [6.45, 7) is 6.19. The summed E-state index contributed by atoms with van der Waals surface area (Å²) >= 11 is 4.83. The quantitative estimate of drug-likeness (QED) is 0.868. The van der Waals surface area contributed by atoms with Crippen LogP contribution in [0.1, 0.15) is 27.8 Å². The van der Waals surface area contributed by atoms with Gasteiger partial charge in [0.05, 0.1) is 0 Å². The summed E-state index contributed by atoms with van der Waals surface area (Å²) in [6.07, 6.45) is 0. The third kappa shape index (κ3) is 3.39. The molecule has 2 nitrogen and oxygen atoms in total. The lowest BCUT2D eigenvalue weighted by Crippen LogP contribution is -2.10. The number of benzene rings is 2. The van der Waals surface area contributed by atoms with Crippen molar-refractivity contribution < 1.29 is 9.13 Å². The van der Waals surface area contributed by atoms with Crippen LogP contribution >= 0.6 is 12.2 Å². The summed E-state index contributed by atoms with van der Waals surface area (Å²) in [5, 5.41) is 0. The Balaban J connectivity index is 2.21. The lowest BCUT2D eigenvalue weighted by molar-refractivity contribution is 0.295. The van der Waals surface area contributed by atoms with E-state index in [2.05, 4.69) is 6.07 Å². The van der Waals surface area contributed by atoms with Gasteiger partial charge in [-0.15, -0.1) is 0 Å². The van der Waals surface area contributed by atoms with Gasteiger partial charge in [0.25, 0.3) is 0 Å². The van der Waals surface area contributed by atoms with Crippen molar-refractivity contribution in [1.29, 1.82) is 0 Å². The van der Waals surface area contributed by atoms with Gasteiger partial charge in [0.1, 0.15) is 23.2 Å². The molecule has 0 aliphatic heterocycles. The van der Waals surface area contributed by atoms with E-state index < -0.39 is 0 Å². The van der Waals surface area contributed by atoms with Crippen LogP contribution in [0.5, 0.6) is 5.75 Å². The minimum Gasteiger partial charge on any atom is -0.488 e. The first kappa shape index (κ1) is 15.4. The molecule has 0 aliphatic carbocycles. The van der Waals surface area contributed by atoms with Gasteiger partial charge in [0, 0.05) is 11.1 Å². The van der Waals surface area contributed by atoms with Crippen LogP contribution in [0.4, 0.5) is 4.39 Å². The van der Waals surface area contributed by atoms with Gasteiger partial charge in [-0.1, -0.05) is 36.5 Å². The normalized spacial score (nSPS) is 10.5. The molecule has 0 spiro atoms. The fourth-order valence-electron chi connectivity index (χ4n) is 2.12. The molecule has 2 N–H and O–H groups in total. The highest BCUT2D eigenvalue weighted by Crippen LogP contribution is 2.27. The van der Waals surface area contributed by atoms with E-state index in [1.165, 1.54) is 6.07 Å². The predicted molar refractivity (Wildman–Crippen MR) is 87.3 cm³/mol. The molecular formula is C17H18FNOS. The van der Waals surface area contributed by atoms with Crippen molar-refractivity contribution in [3.63, 3.8) is 0 Å². The number of hydrogen-bond acceptors (Lipinski definition) is 2. The average molecular weight is 303 g/mol. The zero-order valence-electron chi connectivity index (χ0n) is 12.4. The van der Waals surface area contributed by atoms with Gasteiger partial charge in [0.15, 0.2) is 0 Å². The van der Waals surface area contributed by atoms with Crippen molar-refractivity contribution in [2.24, 2.45) is 5.73 Å². The van der Waals surface area contributed by atoms with Crippen LogP contribution in [0.25, 0.3) is 0 Å². The molecule has 2 rings (SSSR count). The zero-order chi connectivity index (χ0) is 15.6. The molecule has 0 radical (unpaired) electrons. The summed E-state index contributed by atoms with van der Waals surface area (Å²) in [5.74, 6) is 0.455. The minimum atomic E-state index is -0.358. The van der Waals surface area contributed by atoms with E-state index in [0.717, 1.165) is 22.4 Å². The Labute approximate surface area is 129 Å². The number of nitrogens with two attached hydrogens (primary N) is 1. The first-order chi connectivity index (χ1) is 9.90. The number of ether oxygens (including phenoxy) is 1. The van der Waals surface area contributed by atoms with E-state index >= 15 is 0 Å². The second kappa shape index (κ2) is 6.22. The third-order valence-corrected chi connectivity index (χ3v) is 3.82. The Morgan fingerprint density at radius 2 is 1.81 bits per heavy atom. The Hall–Kier alpha value is -1.94. The van der Waals surface area contributed by atoms with Gasteiger partial charge in [-0.25, -0.2) is 4.39 Å². The third-order valence-electron chi connectivity index (χ3n) is 3.58. The first-order valence-corrected chi connectivity index (χ1v) is 7.09. The van der Waals surface area contributed by atoms with Crippen molar-refractivity contribution >= 4 is 17.2 Å². The summed E-state index contributed by atoms with van der Waals surface area (Å²) in [7, 11) is 0. The van der Waals surface area contributed by atoms with Crippen molar-refractivity contribution in [3.05, 3.63) is 64.0 Å². The summed E-state index contributed by atoms with van der Waals surface area (Å²) in [6, 6.07) is 8.76. The van der Waals surface area contributed by atoms with Gasteiger partial charge in [0.2, 0.25) is 0 Å². The van der Waals surface area contributed by atoms with Crippen molar-refractivity contribution in [2.75, 3.05) is 0 Å². The largest absolute Gasteiger partial charge is 0.488 e. The lowest BCUT2D eigenvalue weighted by atomic mass is 10.1. The van der Waals surface area contributed by atoms with Crippen molar-refractivity contribution in [1.82, 2.24) is 0 Å². The van der Waals surface area contributed by atoms with Gasteiger partial charge in [-0.05, 0) is 43.5 Å². The number of aryl methyl sites for hydroxylation is 2. The van der Waals surface area contributed by atoms with E-state index in [0.29, 0.717) is 11.1 Å². The Morgan fingerprint density at radius 3 is 2.43 bits per heavy atom. The second-order valence-corrected chi connectivity index (χ2v) is 5.55. The number of thiocarbonyl (C=S) groups is 1. The van der Waals surface area contributed by atoms with Gasteiger partial charge in [-0.3, -0.25) is 0 Å². The van der Waals surface area contributed by atoms with Gasteiger partial charge in [-0.2, -0.15) is 0 Å². The molecule has 2 aromatic carbocycles. The summed E-state index contributed by atoms with van der Waals surface area (Å²) in [4.78, 5) is 0.187. The average Bonchev–Trinajstić information content (AvgIpc) is 2.44. The van der Waals surface area contributed by atoms with E-state index in [1.807, 2.05) is 26.8 Å². The summed E-state index contributed by atoms with van der Waals surface area (Å²) in [5.41, 5.74) is 9.76. The topological polar surface area (TPSA) is 35.2 Å². The lowest BCUT2D eigenvalue weighted by Gasteiger charge is -2.14. The molecule has 0 aliphatic rings. The smallest absolute Gasteiger partial charge is 0.130 e. The van der Waals surface area contributed by atoms with Crippen LogP contribution in [-0.4, -0.2) is 4.99 Å². The molecule has 0 heterocycles. The highest BCUT2D eigenvalue weighted by molar-refractivity contribution is 7.80. The molecule has 110 valence electrons. The van der Waals surface area contributed by atoms with E-state index in [9.17, 15) is 4.39 Å². The molecular weight excluding hydrogens is 285 g/mol. The predicted octanol–water partition coefficient (Wildman–Crippen LogP) is 3.96. The highest BCUT2D eigenvalue weighted by Gasteiger charge is 2.10. The van der Waals surface area contributed by atoms with E-state index in [4.69, 9.17) is 22.7 Å². The Kier molecular flexibility index (Phi) is 4.58. The minimum absolute atomic E-state index is 0.175. The molecule has 0 saturated carbocycles. The standard InChI is InChI=1S/C17H18FNOS/c1-10-4-5-11(2)16(12(10)3)20-9-14-7-6-13(17(19)21)8-15(14)18/h4-8H,9H2,1-3H3,(H2,19,21). The molecule has 0 bridgehead atoms. The molecule has 21 heavy (non-hydrogen) atoms. The second-order valence-electron chi connectivity index (χ2n) is 5.11. The van der Waals surface area contributed by atoms with Gasteiger partial charge >= 0.3 is 0 Å². The highest BCUT2D eigenvalue weighted by atomic mass is 32.1. The summed E-state index contributed by atoms with van der Waals surface area (Å²) < 4.78 is 19.8. The fourth-order valence-corrected chi connectivity index (χ4v) is 2.24. The number of hydrogen-bond donors (Lipinski definition) is 1. The van der Waals surface area contributed by atoms with Crippen molar-refractivity contribution in [3.8, 4) is 5.75 Å². The van der Waals surface area contributed by atoms with Crippen LogP contribution in [0.15, 0.2) is 30.3 Å². The van der Waals surface area contributed by atoms with E-state index in [-0.39, 0.29) is 17.4 Å². The molecule has 0 fully saturated rings. The van der Waals surface area contributed by atoms with Gasteiger partial charge < -0.3 is 10.5 Å². The molecule has 0 aromatic heterocycles. The molecule has 0 amide bonds. The molecule has 0 atom stereocenters. The SMILES string of the molecule is Cc1ccc(C)c(OCc2ccc(C(N)=S)cc2F)c1C. The van der Waals surface area contributed by atoms with Crippen molar-refractivity contribution in [2.45, 2.75) is 27.4 Å². The number of rotatable bonds is 4.